The molecule has 0 aliphatic heterocycles. The van der Waals surface area contributed by atoms with Crippen LogP contribution in [0.3, 0.4) is 0 Å². The van der Waals surface area contributed by atoms with Gasteiger partial charge in [0.15, 0.2) is 5.16 Å². The first-order chi connectivity index (χ1) is 15.6. The summed E-state index contributed by atoms with van der Waals surface area (Å²) in [5.74, 6) is 1.69. The van der Waals surface area contributed by atoms with Crippen LogP contribution in [0.2, 0.25) is 0 Å². The molecule has 0 aliphatic carbocycles. The van der Waals surface area contributed by atoms with E-state index in [4.69, 9.17) is 4.74 Å². The highest BCUT2D eigenvalue weighted by atomic mass is 32.2. The van der Waals surface area contributed by atoms with Crippen molar-refractivity contribution in [2.24, 2.45) is 7.05 Å². The van der Waals surface area contributed by atoms with Crippen LogP contribution < -0.4 is 10.3 Å². The Bertz CT molecular complexity index is 1460. The van der Waals surface area contributed by atoms with Crippen molar-refractivity contribution in [3.05, 3.63) is 100 Å². The summed E-state index contributed by atoms with van der Waals surface area (Å²) in [5, 5.41) is 9.90. The maximum atomic E-state index is 13.0. The predicted molar refractivity (Wildman–Crippen MR) is 122 cm³/mol. The molecule has 0 atom stereocenters. The third kappa shape index (κ3) is 3.85. The number of ether oxygens (including phenoxy) is 1. The Kier molecular flexibility index (Phi) is 5.36. The van der Waals surface area contributed by atoms with E-state index in [-0.39, 0.29) is 11.4 Å². The molecule has 160 valence electrons. The molecule has 0 N–H and O–H groups in total. The van der Waals surface area contributed by atoms with E-state index >= 15 is 0 Å². The van der Waals surface area contributed by atoms with Gasteiger partial charge in [-0.1, -0.05) is 48.2 Å². The van der Waals surface area contributed by atoms with Gasteiger partial charge in [0.05, 0.1) is 10.9 Å². The number of aryl methyl sites for hydroxylation is 1. The average Bonchev–Trinajstić information content (AvgIpc) is 3.26. The molecular formula is C24H19FN4O2S. The highest BCUT2D eigenvalue weighted by molar-refractivity contribution is 7.98. The molecule has 5 rings (SSSR count). The van der Waals surface area contributed by atoms with Crippen LogP contribution in [0.4, 0.5) is 4.39 Å². The van der Waals surface area contributed by atoms with E-state index in [1.54, 1.807) is 30.9 Å². The van der Waals surface area contributed by atoms with Crippen molar-refractivity contribution in [1.29, 1.82) is 0 Å². The molecule has 0 unspecified atom stereocenters. The molecule has 0 fully saturated rings. The van der Waals surface area contributed by atoms with Gasteiger partial charge in [-0.25, -0.2) is 4.39 Å². The van der Waals surface area contributed by atoms with E-state index in [2.05, 4.69) is 10.2 Å². The Morgan fingerprint density at radius 2 is 1.66 bits per heavy atom. The molecule has 5 aromatic rings. The fourth-order valence-electron chi connectivity index (χ4n) is 3.48. The second-order valence-corrected chi connectivity index (χ2v) is 8.29. The summed E-state index contributed by atoms with van der Waals surface area (Å²) >= 11 is 1.55. The van der Waals surface area contributed by atoms with Crippen LogP contribution in [0.15, 0.2) is 82.7 Å². The third-order valence-corrected chi connectivity index (χ3v) is 6.21. The number of thioether (sulfide) groups is 1. The third-order valence-electron chi connectivity index (χ3n) is 5.21. The highest BCUT2D eigenvalue weighted by Crippen LogP contribution is 2.25. The van der Waals surface area contributed by atoms with Gasteiger partial charge in [-0.05, 0) is 47.5 Å². The maximum Gasteiger partial charge on any atom is 0.262 e. The van der Waals surface area contributed by atoms with E-state index in [1.165, 1.54) is 16.7 Å². The normalized spacial score (nSPS) is 11.3. The van der Waals surface area contributed by atoms with E-state index in [0.29, 0.717) is 23.5 Å². The predicted octanol–water partition coefficient (Wildman–Crippen LogP) is 4.59. The highest BCUT2D eigenvalue weighted by Gasteiger charge is 2.14. The van der Waals surface area contributed by atoms with Crippen LogP contribution in [-0.4, -0.2) is 19.2 Å². The minimum Gasteiger partial charge on any atom is -0.489 e. The second kappa shape index (κ2) is 8.47. The van der Waals surface area contributed by atoms with Crippen LogP contribution >= 0.6 is 11.8 Å². The topological polar surface area (TPSA) is 61.4 Å². The summed E-state index contributed by atoms with van der Waals surface area (Å²) < 4.78 is 22.2. The Labute approximate surface area is 187 Å². The zero-order chi connectivity index (χ0) is 22.1. The van der Waals surface area contributed by atoms with E-state index in [0.717, 1.165) is 27.5 Å². The van der Waals surface area contributed by atoms with Crippen molar-refractivity contribution in [2.75, 3.05) is 0 Å². The lowest BCUT2D eigenvalue weighted by Crippen LogP contribution is -2.20. The monoisotopic (exact) mass is 446 g/mol. The van der Waals surface area contributed by atoms with Crippen LogP contribution in [0, 0.1) is 5.82 Å². The number of hydrogen-bond acceptors (Lipinski definition) is 5. The molecule has 0 bridgehead atoms. The number of halogens is 1. The summed E-state index contributed by atoms with van der Waals surface area (Å²) in [7, 11) is 1.71. The summed E-state index contributed by atoms with van der Waals surface area (Å²) in [6.07, 6.45) is 0. The van der Waals surface area contributed by atoms with Gasteiger partial charge in [-0.2, -0.15) is 0 Å². The first-order valence-electron chi connectivity index (χ1n) is 10.0. The molecule has 6 nitrogen and oxygen atoms in total. The van der Waals surface area contributed by atoms with E-state index < -0.39 is 0 Å². The van der Waals surface area contributed by atoms with Gasteiger partial charge in [-0.3, -0.25) is 13.8 Å². The van der Waals surface area contributed by atoms with Gasteiger partial charge < -0.3 is 4.74 Å². The maximum absolute atomic E-state index is 13.0. The number of fused-ring (bicyclic) bond motifs is 3. The van der Waals surface area contributed by atoms with E-state index in [1.807, 2.05) is 52.9 Å². The summed E-state index contributed by atoms with van der Waals surface area (Å²) in [6.45, 7) is 0.381. The van der Waals surface area contributed by atoms with E-state index in [9.17, 15) is 9.18 Å². The number of nitrogens with zero attached hydrogens (tertiary/aromatic N) is 4. The molecule has 0 saturated heterocycles. The number of para-hydroxylation sites is 1. The number of benzene rings is 3. The molecule has 0 saturated carbocycles. The van der Waals surface area contributed by atoms with Crippen LogP contribution in [0.5, 0.6) is 5.75 Å². The summed E-state index contributed by atoms with van der Waals surface area (Å²) in [6, 6.07) is 21.6. The SMILES string of the molecule is Cn1c(=O)c2ccccc2n2c(SCc3ccc(OCc4ccc(F)cc4)cc3)nnc12. The first kappa shape index (κ1) is 20.3. The minimum atomic E-state index is -0.258. The molecule has 0 aliphatic rings. The zero-order valence-corrected chi connectivity index (χ0v) is 18.1. The molecule has 3 aromatic carbocycles. The molecule has 0 radical (unpaired) electrons. The molecule has 0 spiro atoms. The molecule has 2 aromatic heterocycles. The van der Waals surface area contributed by atoms with Gasteiger partial charge >= 0.3 is 0 Å². The van der Waals surface area contributed by atoms with Gasteiger partial charge in [0.1, 0.15) is 18.2 Å². The Morgan fingerprint density at radius 1 is 0.938 bits per heavy atom. The van der Waals surface area contributed by atoms with Crippen molar-refractivity contribution in [2.45, 2.75) is 17.5 Å². The molecule has 32 heavy (non-hydrogen) atoms. The Hall–Kier alpha value is -3.65. The lowest BCUT2D eigenvalue weighted by atomic mass is 10.2. The molecule has 0 amide bonds. The minimum absolute atomic E-state index is 0.0896. The van der Waals surface area contributed by atoms with Crippen molar-refractivity contribution in [1.82, 2.24) is 19.2 Å². The van der Waals surface area contributed by atoms with Crippen LogP contribution in [-0.2, 0) is 19.4 Å². The summed E-state index contributed by atoms with van der Waals surface area (Å²) in [4.78, 5) is 12.6. The van der Waals surface area contributed by atoms with Crippen molar-refractivity contribution >= 4 is 28.4 Å². The quantitative estimate of drug-likeness (QED) is 0.357. The Morgan fingerprint density at radius 3 is 2.44 bits per heavy atom. The fourth-order valence-corrected chi connectivity index (χ4v) is 4.38. The lowest BCUT2D eigenvalue weighted by molar-refractivity contribution is 0.306. The van der Waals surface area contributed by atoms with Crippen LogP contribution in [0.1, 0.15) is 11.1 Å². The van der Waals surface area contributed by atoms with Crippen molar-refractivity contribution in [3.8, 4) is 5.75 Å². The number of aromatic nitrogens is 4. The number of rotatable bonds is 6. The molecule has 2 heterocycles. The average molecular weight is 447 g/mol. The lowest BCUT2D eigenvalue weighted by Gasteiger charge is -2.08. The largest absolute Gasteiger partial charge is 0.489 e. The molecular weight excluding hydrogens is 427 g/mol. The zero-order valence-electron chi connectivity index (χ0n) is 17.2. The van der Waals surface area contributed by atoms with Crippen molar-refractivity contribution in [3.63, 3.8) is 0 Å². The standard InChI is InChI=1S/C24H19FN4O2S/c1-28-22(30)20-4-2-3-5-21(20)29-23(28)26-27-24(29)32-15-17-8-12-19(13-9-17)31-14-16-6-10-18(25)11-7-16/h2-13H,14-15H2,1H3. The summed E-state index contributed by atoms with van der Waals surface area (Å²) in [5.41, 5.74) is 2.72. The van der Waals surface area contributed by atoms with Gasteiger partial charge in [0.2, 0.25) is 5.78 Å². The second-order valence-electron chi connectivity index (χ2n) is 7.35. The van der Waals surface area contributed by atoms with Gasteiger partial charge in [-0.15, -0.1) is 10.2 Å². The smallest absolute Gasteiger partial charge is 0.262 e. The van der Waals surface area contributed by atoms with Crippen LogP contribution in [0.25, 0.3) is 16.7 Å². The number of hydrogen-bond donors (Lipinski definition) is 0. The first-order valence-corrected chi connectivity index (χ1v) is 11.0. The van der Waals surface area contributed by atoms with Crippen molar-refractivity contribution < 1.29 is 9.13 Å². The Balaban J connectivity index is 1.32. The molecule has 8 heteroatoms. The fraction of sp³-hybridized carbons (Fsp3) is 0.125. The van der Waals surface area contributed by atoms with Gasteiger partial charge in [0.25, 0.3) is 5.56 Å². The van der Waals surface area contributed by atoms with Gasteiger partial charge in [0, 0.05) is 12.8 Å².